The smallest absolute Gasteiger partial charge is 0.337 e. The van der Waals surface area contributed by atoms with E-state index in [1.807, 2.05) is 43.0 Å². The van der Waals surface area contributed by atoms with E-state index in [4.69, 9.17) is 14.5 Å². The van der Waals surface area contributed by atoms with E-state index >= 15 is 0 Å². The highest BCUT2D eigenvalue weighted by Crippen LogP contribution is 2.45. The molecule has 9 heteroatoms. The molecule has 0 amide bonds. The van der Waals surface area contributed by atoms with E-state index in [1.54, 1.807) is 11.8 Å². The summed E-state index contributed by atoms with van der Waals surface area (Å²) in [7, 11) is 3.33. The molecule has 1 atom stereocenters. The number of aryl methyl sites for hydroxylation is 2. The fourth-order valence-corrected chi connectivity index (χ4v) is 6.77. The molecule has 1 aliphatic rings. The molecule has 0 N–H and O–H groups in total. The van der Waals surface area contributed by atoms with Gasteiger partial charge in [0.15, 0.2) is 0 Å². The van der Waals surface area contributed by atoms with E-state index in [2.05, 4.69) is 51.5 Å². The molecule has 1 aliphatic heterocycles. The van der Waals surface area contributed by atoms with Crippen LogP contribution in [-0.4, -0.2) is 57.1 Å². The van der Waals surface area contributed by atoms with Gasteiger partial charge in [-0.25, -0.2) is 9.48 Å². The second-order valence-corrected chi connectivity index (χ2v) is 10.8. The third-order valence-corrected chi connectivity index (χ3v) is 8.59. The number of benzene rings is 2. The topological polar surface area (TPSA) is 84.1 Å². The number of nitrogens with zero attached hydrogens (tertiary/aromatic N) is 5. The van der Waals surface area contributed by atoms with Gasteiger partial charge in [0.05, 0.1) is 46.7 Å². The Morgan fingerprint density at radius 3 is 2.59 bits per heavy atom. The molecule has 1 unspecified atom stereocenters. The maximum absolute atomic E-state index is 12.6. The van der Waals surface area contributed by atoms with Crippen LogP contribution in [0.25, 0.3) is 33.2 Å². The average Bonchev–Trinajstić information content (AvgIpc) is 3.49. The highest BCUT2D eigenvalue weighted by molar-refractivity contribution is 7.99. The molecular weight excluding hydrogens is 510 g/mol. The molecule has 2 aromatic carbocycles. The van der Waals surface area contributed by atoms with Gasteiger partial charge in [-0.2, -0.15) is 0 Å². The van der Waals surface area contributed by atoms with Crippen LogP contribution in [0, 0.1) is 12.8 Å². The van der Waals surface area contributed by atoms with Gasteiger partial charge in [0.2, 0.25) is 0 Å². The number of methoxy groups -OCH3 is 1. The van der Waals surface area contributed by atoms with Crippen LogP contribution in [0.4, 0.5) is 0 Å². The maximum Gasteiger partial charge on any atom is 0.337 e. The summed E-state index contributed by atoms with van der Waals surface area (Å²) >= 11 is 1.70. The standard InChI is InChI=1S/C30H31N5O3S/c1-18-26(34(2)33-32-18)23-17-31-25-22-11-10-21(30(36)37-3)16-24(22)35(28(25)29(23)39-4)27(19-8-6-5-7-9-19)20-12-14-38-15-13-20/h5-11,16-17,20,27H,12-15H2,1-4H3. The van der Waals surface area contributed by atoms with Crippen molar-refractivity contribution < 1.29 is 14.3 Å². The van der Waals surface area contributed by atoms with Gasteiger partial charge in [0, 0.05) is 42.3 Å². The van der Waals surface area contributed by atoms with Crippen molar-refractivity contribution in [2.45, 2.75) is 30.7 Å². The summed E-state index contributed by atoms with van der Waals surface area (Å²) in [5.41, 5.74) is 7.47. The first-order valence-electron chi connectivity index (χ1n) is 13.1. The lowest BCUT2D eigenvalue weighted by Gasteiger charge is -2.33. The fraction of sp³-hybridized carbons (Fsp3) is 0.333. The normalized spacial score (nSPS) is 15.2. The number of ether oxygens (including phenoxy) is 2. The summed E-state index contributed by atoms with van der Waals surface area (Å²) in [6, 6.07) is 16.5. The van der Waals surface area contributed by atoms with Crippen LogP contribution in [0.2, 0.25) is 0 Å². The minimum absolute atomic E-state index is 0.0247. The zero-order valence-electron chi connectivity index (χ0n) is 22.5. The van der Waals surface area contributed by atoms with Crippen molar-refractivity contribution in [1.82, 2.24) is 24.5 Å². The Bertz CT molecular complexity index is 1650. The number of thioether (sulfide) groups is 1. The molecule has 8 nitrogen and oxygen atoms in total. The number of esters is 1. The molecule has 0 bridgehead atoms. The van der Waals surface area contributed by atoms with Gasteiger partial charge in [-0.15, -0.1) is 16.9 Å². The van der Waals surface area contributed by atoms with Crippen molar-refractivity contribution in [3.8, 4) is 11.3 Å². The van der Waals surface area contributed by atoms with Gasteiger partial charge in [-0.1, -0.05) is 35.5 Å². The van der Waals surface area contributed by atoms with Crippen LogP contribution in [0.3, 0.4) is 0 Å². The Hall–Kier alpha value is -3.69. The van der Waals surface area contributed by atoms with Gasteiger partial charge < -0.3 is 14.0 Å². The van der Waals surface area contributed by atoms with E-state index in [9.17, 15) is 4.79 Å². The summed E-state index contributed by atoms with van der Waals surface area (Å²) in [5, 5.41) is 9.59. The molecular formula is C30H31N5O3S. The summed E-state index contributed by atoms with van der Waals surface area (Å²) in [6.07, 6.45) is 5.93. The second kappa shape index (κ2) is 10.5. The van der Waals surface area contributed by atoms with Crippen LogP contribution in [0.5, 0.6) is 0 Å². The fourth-order valence-electron chi connectivity index (χ4n) is 6.01. The number of hydrogen-bond acceptors (Lipinski definition) is 7. The van der Waals surface area contributed by atoms with Gasteiger partial charge in [0.1, 0.15) is 0 Å². The number of carbonyl (C=O) groups excluding carboxylic acids is 1. The number of carbonyl (C=O) groups is 1. The SMILES string of the molecule is COC(=O)c1ccc2c3ncc(-c4c(C)nnn4C)c(SC)c3n(C(c3ccccc3)C3CCOCC3)c2c1. The summed E-state index contributed by atoms with van der Waals surface area (Å²) in [5.74, 6) is -0.00782. The number of rotatable bonds is 6. The lowest BCUT2D eigenvalue weighted by atomic mass is 9.86. The van der Waals surface area contributed by atoms with E-state index in [0.717, 1.165) is 69.8 Å². The van der Waals surface area contributed by atoms with Crippen molar-refractivity contribution in [2.24, 2.45) is 13.0 Å². The lowest BCUT2D eigenvalue weighted by molar-refractivity contribution is 0.0552. The number of aromatic nitrogens is 5. The molecule has 3 aromatic heterocycles. The zero-order chi connectivity index (χ0) is 27.1. The van der Waals surface area contributed by atoms with E-state index in [0.29, 0.717) is 11.5 Å². The molecule has 4 heterocycles. The third kappa shape index (κ3) is 4.30. The Kier molecular flexibility index (Phi) is 6.86. The largest absolute Gasteiger partial charge is 0.465 e. The number of fused-ring (bicyclic) bond motifs is 3. The predicted molar refractivity (Wildman–Crippen MR) is 153 cm³/mol. The molecule has 0 spiro atoms. The van der Waals surface area contributed by atoms with Crippen LogP contribution in [0.1, 0.15) is 40.5 Å². The Balaban J connectivity index is 1.75. The highest BCUT2D eigenvalue weighted by atomic mass is 32.2. The summed E-state index contributed by atoms with van der Waals surface area (Å²) in [6.45, 7) is 3.44. The molecule has 39 heavy (non-hydrogen) atoms. The maximum atomic E-state index is 12.6. The first-order chi connectivity index (χ1) is 19.0. The van der Waals surface area contributed by atoms with Crippen LogP contribution >= 0.6 is 11.8 Å². The minimum Gasteiger partial charge on any atom is -0.465 e. The van der Waals surface area contributed by atoms with Crippen LogP contribution in [-0.2, 0) is 16.5 Å². The monoisotopic (exact) mass is 541 g/mol. The molecule has 0 saturated carbocycles. The Morgan fingerprint density at radius 2 is 1.92 bits per heavy atom. The van der Waals surface area contributed by atoms with Crippen molar-refractivity contribution >= 4 is 39.7 Å². The van der Waals surface area contributed by atoms with Crippen molar-refractivity contribution in [2.75, 3.05) is 26.6 Å². The molecule has 1 saturated heterocycles. The molecule has 1 fully saturated rings. The molecule has 5 aromatic rings. The van der Waals surface area contributed by atoms with E-state index in [1.165, 1.54) is 12.7 Å². The third-order valence-electron chi connectivity index (χ3n) is 7.77. The summed E-state index contributed by atoms with van der Waals surface area (Å²) in [4.78, 5) is 18.8. The number of pyridine rings is 1. The quantitative estimate of drug-likeness (QED) is 0.198. The predicted octanol–water partition coefficient (Wildman–Crippen LogP) is 5.82. The molecule has 200 valence electrons. The average molecular weight is 542 g/mol. The summed E-state index contributed by atoms with van der Waals surface area (Å²) < 4.78 is 15.1. The van der Waals surface area contributed by atoms with Gasteiger partial charge in [0.25, 0.3) is 0 Å². The van der Waals surface area contributed by atoms with Crippen LogP contribution in [0.15, 0.2) is 59.6 Å². The molecule has 0 aliphatic carbocycles. The molecule has 6 rings (SSSR count). The van der Waals surface area contributed by atoms with Crippen molar-refractivity contribution in [3.05, 3.63) is 71.5 Å². The molecule has 0 radical (unpaired) electrons. The van der Waals surface area contributed by atoms with Crippen molar-refractivity contribution in [1.29, 1.82) is 0 Å². The minimum atomic E-state index is -0.355. The number of hydrogen-bond donors (Lipinski definition) is 0. The second-order valence-electron chi connectivity index (χ2n) is 9.95. The van der Waals surface area contributed by atoms with Gasteiger partial charge in [-0.05, 0) is 55.7 Å². The lowest BCUT2D eigenvalue weighted by Crippen LogP contribution is -2.27. The van der Waals surface area contributed by atoms with Gasteiger partial charge >= 0.3 is 5.97 Å². The van der Waals surface area contributed by atoms with Gasteiger partial charge in [-0.3, -0.25) is 4.98 Å². The first kappa shape index (κ1) is 25.6. The van der Waals surface area contributed by atoms with Crippen molar-refractivity contribution in [3.63, 3.8) is 0 Å². The first-order valence-corrected chi connectivity index (χ1v) is 14.3. The highest BCUT2D eigenvalue weighted by Gasteiger charge is 2.32. The Labute approximate surface area is 231 Å². The Morgan fingerprint density at radius 1 is 1.15 bits per heavy atom. The zero-order valence-corrected chi connectivity index (χ0v) is 23.4. The van der Waals surface area contributed by atoms with E-state index < -0.39 is 0 Å². The van der Waals surface area contributed by atoms with Crippen LogP contribution < -0.4 is 0 Å². The van der Waals surface area contributed by atoms with E-state index in [-0.39, 0.29) is 12.0 Å².